The Balaban J connectivity index is 1.67. The van der Waals surface area contributed by atoms with E-state index in [0.717, 1.165) is 19.7 Å². The van der Waals surface area contributed by atoms with E-state index < -0.39 is 0 Å². The first-order valence-corrected chi connectivity index (χ1v) is 9.37. The molecule has 0 bridgehead atoms. The molecule has 0 atom stereocenters. The van der Waals surface area contributed by atoms with E-state index in [1.165, 1.54) is 43.4 Å². The van der Waals surface area contributed by atoms with Gasteiger partial charge in [-0.05, 0) is 44.6 Å². The summed E-state index contributed by atoms with van der Waals surface area (Å²) in [4.78, 5) is 2.29. The third-order valence-electron chi connectivity index (χ3n) is 5.87. The Labute approximate surface area is 146 Å². The Morgan fingerprint density at radius 1 is 1.38 bits per heavy atom. The van der Waals surface area contributed by atoms with Gasteiger partial charge in [-0.3, -0.25) is 4.68 Å². The molecule has 1 spiro atoms. The fourth-order valence-electron chi connectivity index (χ4n) is 4.79. The van der Waals surface area contributed by atoms with Crippen LogP contribution < -0.4 is 5.73 Å². The minimum Gasteiger partial charge on any atom is -0.374 e. The topological polar surface area (TPSA) is 56.3 Å². The van der Waals surface area contributed by atoms with Crippen molar-refractivity contribution < 1.29 is 4.74 Å². The molecule has 5 nitrogen and oxygen atoms in total. The maximum Gasteiger partial charge on any atom is 0.0689 e. The zero-order valence-corrected chi connectivity index (χ0v) is 15.8. The van der Waals surface area contributed by atoms with Gasteiger partial charge >= 0.3 is 0 Å². The van der Waals surface area contributed by atoms with Crippen molar-refractivity contribution >= 4 is 0 Å². The summed E-state index contributed by atoms with van der Waals surface area (Å²) in [6, 6.07) is 0. The van der Waals surface area contributed by atoms with Crippen molar-refractivity contribution in [2.24, 2.45) is 18.2 Å². The minimum atomic E-state index is 0.148. The minimum absolute atomic E-state index is 0.148. The van der Waals surface area contributed by atoms with E-state index in [1.807, 2.05) is 6.20 Å². The normalized spacial score (nSPS) is 29.7. The Bertz CT molecular complexity index is 558. The Kier molecular flexibility index (Phi) is 5.05. The Morgan fingerprint density at radius 2 is 2.08 bits per heavy atom. The number of aryl methyl sites for hydroxylation is 1. The van der Waals surface area contributed by atoms with E-state index in [1.54, 1.807) is 0 Å². The summed E-state index contributed by atoms with van der Waals surface area (Å²) in [6.07, 6.45) is 8.05. The SMILES string of the molecule is CN(CCN)Cc1cnn(C)c1C1CCC2(CC1)CC(C)(C)CO2. The third-order valence-corrected chi connectivity index (χ3v) is 5.87. The summed E-state index contributed by atoms with van der Waals surface area (Å²) in [5.41, 5.74) is 8.96. The van der Waals surface area contributed by atoms with E-state index >= 15 is 0 Å². The van der Waals surface area contributed by atoms with Gasteiger partial charge in [0.25, 0.3) is 0 Å². The number of rotatable bonds is 5. The zero-order chi connectivity index (χ0) is 17.4. The molecule has 0 radical (unpaired) electrons. The van der Waals surface area contributed by atoms with Gasteiger partial charge in [-0.2, -0.15) is 5.10 Å². The first kappa shape index (κ1) is 17.9. The molecule has 0 amide bonds. The summed E-state index contributed by atoms with van der Waals surface area (Å²) in [7, 11) is 4.22. The molecule has 1 aromatic heterocycles. The van der Waals surface area contributed by atoms with Crippen molar-refractivity contribution in [1.29, 1.82) is 0 Å². The average Bonchev–Trinajstić information content (AvgIpc) is 3.01. The van der Waals surface area contributed by atoms with Crippen LogP contribution in [0.2, 0.25) is 0 Å². The molecule has 2 aliphatic rings. The van der Waals surface area contributed by atoms with Crippen LogP contribution in [0.15, 0.2) is 6.20 Å². The second-order valence-corrected chi connectivity index (χ2v) is 8.79. The summed E-state index contributed by atoms with van der Waals surface area (Å²) in [5.74, 6) is 0.608. The molecule has 1 saturated heterocycles. The first-order chi connectivity index (χ1) is 11.3. The second-order valence-electron chi connectivity index (χ2n) is 8.79. The van der Waals surface area contributed by atoms with E-state index in [2.05, 4.69) is 42.6 Å². The molecule has 1 aliphatic carbocycles. The zero-order valence-electron chi connectivity index (χ0n) is 15.8. The van der Waals surface area contributed by atoms with Crippen molar-refractivity contribution in [3.8, 4) is 0 Å². The lowest BCUT2D eigenvalue weighted by molar-refractivity contribution is -0.0298. The number of ether oxygens (including phenoxy) is 1. The molecule has 2 heterocycles. The first-order valence-electron chi connectivity index (χ1n) is 9.37. The van der Waals surface area contributed by atoms with Gasteiger partial charge in [0.05, 0.1) is 18.4 Å². The Hall–Kier alpha value is -0.910. The van der Waals surface area contributed by atoms with Gasteiger partial charge in [0, 0.05) is 43.9 Å². The predicted molar refractivity (Wildman–Crippen MR) is 96.9 cm³/mol. The summed E-state index contributed by atoms with van der Waals surface area (Å²) < 4.78 is 8.37. The lowest BCUT2D eigenvalue weighted by Gasteiger charge is -2.37. The van der Waals surface area contributed by atoms with Crippen LogP contribution in [0.5, 0.6) is 0 Å². The average molecular weight is 335 g/mol. The largest absolute Gasteiger partial charge is 0.374 e. The summed E-state index contributed by atoms with van der Waals surface area (Å²) in [5, 5.41) is 4.54. The predicted octanol–water partition coefficient (Wildman–Crippen LogP) is 2.65. The number of aromatic nitrogens is 2. The van der Waals surface area contributed by atoms with Crippen LogP contribution in [0.3, 0.4) is 0 Å². The fraction of sp³-hybridized carbons (Fsp3) is 0.842. The van der Waals surface area contributed by atoms with Crippen molar-refractivity contribution in [2.75, 3.05) is 26.7 Å². The number of likely N-dealkylation sites (N-methyl/N-ethyl adjacent to an activating group) is 1. The molecular weight excluding hydrogens is 300 g/mol. The highest BCUT2D eigenvalue weighted by molar-refractivity contribution is 5.23. The highest BCUT2D eigenvalue weighted by atomic mass is 16.5. The maximum absolute atomic E-state index is 6.27. The monoisotopic (exact) mass is 334 g/mol. The molecule has 2 fully saturated rings. The van der Waals surface area contributed by atoms with Gasteiger partial charge in [-0.25, -0.2) is 0 Å². The van der Waals surface area contributed by atoms with E-state index in [-0.39, 0.29) is 5.60 Å². The lowest BCUT2D eigenvalue weighted by Crippen LogP contribution is -2.34. The fourth-order valence-corrected chi connectivity index (χ4v) is 4.79. The van der Waals surface area contributed by atoms with Gasteiger partial charge < -0.3 is 15.4 Å². The molecule has 136 valence electrons. The summed E-state index contributed by atoms with van der Waals surface area (Å²) in [6.45, 7) is 8.14. The maximum atomic E-state index is 6.27. The van der Waals surface area contributed by atoms with E-state index in [0.29, 0.717) is 17.9 Å². The highest BCUT2D eigenvalue weighted by Crippen LogP contribution is 2.50. The van der Waals surface area contributed by atoms with Crippen LogP contribution in [0.1, 0.15) is 63.1 Å². The van der Waals surface area contributed by atoms with Crippen LogP contribution in [0.25, 0.3) is 0 Å². The van der Waals surface area contributed by atoms with E-state index in [9.17, 15) is 0 Å². The molecule has 2 N–H and O–H groups in total. The summed E-state index contributed by atoms with van der Waals surface area (Å²) >= 11 is 0. The van der Waals surface area contributed by atoms with Crippen LogP contribution in [0, 0.1) is 5.41 Å². The van der Waals surface area contributed by atoms with Crippen molar-refractivity contribution in [3.05, 3.63) is 17.5 Å². The van der Waals surface area contributed by atoms with Crippen LogP contribution in [-0.2, 0) is 18.3 Å². The highest BCUT2D eigenvalue weighted by Gasteiger charge is 2.46. The number of nitrogens with zero attached hydrogens (tertiary/aromatic N) is 3. The molecule has 3 rings (SSSR count). The van der Waals surface area contributed by atoms with Crippen molar-refractivity contribution in [2.45, 2.75) is 64.0 Å². The van der Waals surface area contributed by atoms with Crippen LogP contribution in [-0.4, -0.2) is 47.0 Å². The lowest BCUT2D eigenvalue weighted by atomic mass is 9.72. The van der Waals surface area contributed by atoms with Crippen LogP contribution >= 0.6 is 0 Å². The van der Waals surface area contributed by atoms with Gasteiger partial charge in [0.2, 0.25) is 0 Å². The van der Waals surface area contributed by atoms with Crippen molar-refractivity contribution in [1.82, 2.24) is 14.7 Å². The molecule has 5 heteroatoms. The Morgan fingerprint density at radius 3 is 2.67 bits per heavy atom. The quantitative estimate of drug-likeness (QED) is 0.899. The molecule has 1 saturated carbocycles. The molecule has 24 heavy (non-hydrogen) atoms. The van der Waals surface area contributed by atoms with Gasteiger partial charge in [-0.1, -0.05) is 13.8 Å². The smallest absolute Gasteiger partial charge is 0.0689 e. The van der Waals surface area contributed by atoms with Gasteiger partial charge in [0.1, 0.15) is 0 Å². The third kappa shape index (κ3) is 3.68. The van der Waals surface area contributed by atoms with Gasteiger partial charge in [0.15, 0.2) is 0 Å². The number of nitrogens with two attached hydrogens (primary N) is 1. The molecule has 1 aromatic rings. The second kappa shape index (κ2) is 6.77. The molecule has 0 aromatic carbocycles. The molecule has 0 unspecified atom stereocenters. The van der Waals surface area contributed by atoms with Crippen LogP contribution in [0.4, 0.5) is 0 Å². The van der Waals surface area contributed by atoms with Crippen molar-refractivity contribution in [3.63, 3.8) is 0 Å². The number of hydrogen-bond donors (Lipinski definition) is 1. The van der Waals surface area contributed by atoms with E-state index in [4.69, 9.17) is 10.5 Å². The molecule has 1 aliphatic heterocycles. The van der Waals surface area contributed by atoms with Gasteiger partial charge in [-0.15, -0.1) is 0 Å². The number of hydrogen-bond acceptors (Lipinski definition) is 4. The standard InChI is InChI=1S/C19H34N4O/c1-18(2)13-19(24-14-18)7-5-15(6-8-19)17-16(11-21-23(17)4)12-22(3)10-9-20/h11,15H,5-10,12-14,20H2,1-4H3. The molecular formula is C19H34N4O.